The van der Waals surface area contributed by atoms with Gasteiger partial charge in [-0.2, -0.15) is 0 Å². The van der Waals surface area contributed by atoms with Crippen LogP contribution < -0.4 is 5.32 Å². The number of halogens is 1. The number of carbonyl (C=O) groups is 1. The Morgan fingerprint density at radius 2 is 2.35 bits per heavy atom. The highest BCUT2D eigenvalue weighted by Crippen LogP contribution is 2.04. The average Bonchev–Trinajstić information content (AvgIpc) is 2.72. The highest BCUT2D eigenvalue weighted by molar-refractivity contribution is 6.29. The van der Waals surface area contributed by atoms with Crippen molar-refractivity contribution in [2.24, 2.45) is 0 Å². The van der Waals surface area contributed by atoms with Gasteiger partial charge >= 0.3 is 0 Å². The molecule has 1 N–H and O–H groups in total. The lowest BCUT2D eigenvalue weighted by atomic mass is 10.3. The van der Waals surface area contributed by atoms with Gasteiger partial charge in [-0.25, -0.2) is 4.98 Å². The molecule has 2 aromatic heterocycles. The molecule has 88 valence electrons. The van der Waals surface area contributed by atoms with Crippen molar-refractivity contribution in [2.45, 2.75) is 13.5 Å². The molecule has 17 heavy (non-hydrogen) atoms. The molecule has 2 aromatic rings. The number of rotatable bonds is 3. The standard InChI is InChI=1S/C10H9ClN4O2/c1-6-2-7(17-15-6)3-13-10(16)8-4-12-5-9(11)14-8/h2,4-5H,3H2,1H3,(H,13,16). The lowest BCUT2D eigenvalue weighted by Crippen LogP contribution is -2.23. The first-order chi connectivity index (χ1) is 8.15. The summed E-state index contributed by atoms with van der Waals surface area (Å²) in [6, 6.07) is 1.74. The fourth-order valence-electron chi connectivity index (χ4n) is 1.21. The quantitative estimate of drug-likeness (QED) is 0.892. The van der Waals surface area contributed by atoms with Crippen molar-refractivity contribution in [3.63, 3.8) is 0 Å². The molecule has 6 nitrogen and oxygen atoms in total. The van der Waals surface area contributed by atoms with Gasteiger partial charge < -0.3 is 9.84 Å². The van der Waals surface area contributed by atoms with Gasteiger partial charge in [0.2, 0.25) is 0 Å². The average molecular weight is 253 g/mol. The highest BCUT2D eigenvalue weighted by atomic mass is 35.5. The fraction of sp³-hybridized carbons (Fsp3) is 0.200. The van der Waals surface area contributed by atoms with Crippen LogP contribution in [-0.4, -0.2) is 21.0 Å². The Morgan fingerprint density at radius 1 is 1.53 bits per heavy atom. The third-order valence-corrected chi connectivity index (χ3v) is 2.12. The number of hydrogen-bond donors (Lipinski definition) is 1. The number of carbonyl (C=O) groups excluding carboxylic acids is 1. The maximum Gasteiger partial charge on any atom is 0.271 e. The van der Waals surface area contributed by atoms with Gasteiger partial charge in [0.05, 0.1) is 24.6 Å². The van der Waals surface area contributed by atoms with Crippen LogP contribution >= 0.6 is 11.6 Å². The number of nitrogens with one attached hydrogen (secondary N) is 1. The first-order valence-corrected chi connectivity index (χ1v) is 5.21. The summed E-state index contributed by atoms with van der Waals surface area (Å²) in [6.07, 6.45) is 2.70. The van der Waals surface area contributed by atoms with Gasteiger partial charge in [-0.05, 0) is 6.92 Å². The predicted molar refractivity (Wildman–Crippen MR) is 59.5 cm³/mol. The summed E-state index contributed by atoms with van der Waals surface area (Å²) in [5.74, 6) is 0.208. The van der Waals surface area contributed by atoms with Gasteiger partial charge in [0, 0.05) is 6.07 Å². The van der Waals surface area contributed by atoms with E-state index in [9.17, 15) is 4.79 Å². The Bertz CT molecular complexity index is 541. The fourth-order valence-corrected chi connectivity index (χ4v) is 1.36. The van der Waals surface area contributed by atoms with Crippen molar-refractivity contribution in [1.82, 2.24) is 20.4 Å². The molecule has 0 aliphatic heterocycles. The number of aromatic nitrogens is 3. The molecule has 0 aromatic carbocycles. The van der Waals surface area contributed by atoms with E-state index in [4.69, 9.17) is 16.1 Å². The lowest BCUT2D eigenvalue weighted by Gasteiger charge is -2.01. The van der Waals surface area contributed by atoms with Crippen LogP contribution in [0.25, 0.3) is 0 Å². The normalized spacial score (nSPS) is 10.2. The van der Waals surface area contributed by atoms with Crippen LogP contribution in [0.5, 0.6) is 0 Å². The summed E-state index contributed by atoms with van der Waals surface area (Å²) in [4.78, 5) is 19.3. The smallest absolute Gasteiger partial charge is 0.271 e. The van der Waals surface area contributed by atoms with Crippen molar-refractivity contribution < 1.29 is 9.32 Å². The second-order valence-electron chi connectivity index (χ2n) is 3.34. The molecule has 1 amide bonds. The van der Waals surface area contributed by atoms with Gasteiger partial charge in [-0.15, -0.1) is 0 Å². The minimum absolute atomic E-state index is 0.161. The van der Waals surface area contributed by atoms with E-state index in [0.29, 0.717) is 5.76 Å². The Labute approximate surface area is 102 Å². The Morgan fingerprint density at radius 3 is 3.00 bits per heavy atom. The zero-order valence-electron chi connectivity index (χ0n) is 8.98. The second-order valence-corrected chi connectivity index (χ2v) is 3.73. The first kappa shape index (κ1) is 11.5. The van der Waals surface area contributed by atoms with Crippen LogP contribution in [-0.2, 0) is 6.54 Å². The molecule has 0 saturated carbocycles. The highest BCUT2D eigenvalue weighted by Gasteiger charge is 2.09. The number of hydrogen-bond acceptors (Lipinski definition) is 5. The van der Waals surface area contributed by atoms with Crippen molar-refractivity contribution in [3.8, 4) is 0 Å². The third-order valence-electron chi connectivity index (χ3n) is 1.94. The second kappa shape index (κ2) is 4.92. The topological polar surface area (TPSA) is 80.9 Å². The molecule has 2 rings (SSSR count). The maximum atomic E-state index is 11.6. The van der Waals surface area contributed by atoms with Crippen LogP contribution in [0.15, 0.2) is 23.0 Å². The minimum atomic E-state index is -0.367. The SMILES string of the molecule is Cc1cc(CNC(=O)c2cncc(Cl)n2)on1. The van der Waals surface area contributed by atoms with Gasteiger partial charge in [0.1, 0.15) is 10.8 Å². The van der Waals surface area contributed by atoms with E-state index in [2.05, 4.69) is 20.4 Å². The molecular weight excluding hydrogens is 244 g/mol. The molecule has 0 spiro atoms. The zero-order valence-corrected chi connectivity index (χ0v) is 9.73. The summed E-state index contributed by atoms with van der Waals surface area (Å²) in [5, 5.41) is 6.50. The molecule has 0 aliphatic carbocycles. The number of amides is 1. The minimum Gasteiger partial charge on any atom is -0.359 e. The van der Waals surface area contributed by atoms with Crippen LogP contribution in [0.2, 0.25) is 5.15 Å². The summed E-state index contributed by atoms with van der Waals surface area (Å²) < 4.78 is 4.95. The Balaban J connectivity index is 1.98. The Kier molecular flexibility index (Phi) is 3.34. The molecule has 0 fully saturated rings. The van der Waals surface area contributed by atoms with E-state index in [1.54, 1.807) is 13.0 Å². The molecule has 7 heteroatoms. The third kappa shape index (κ3) is 3.01. The summed E-state index contributed by atoms with van der Waals surface area (Å²) in [5.41, 5.74) is 0.922. The van der Waals surface area contributed by atoms with Crippen molar-refractivity contribution in [1.29, 1.82) is 0 Å². The molecule has 0 aliphatic rings. The molecule has 2 heterocycles. The van der Waals surface area contributed by atoms with Gasteiger partial charge in [0.25, 0.3) is 5.91 Å². The van der Waals surface area contributed by atoms with E-state index >= 15 is 0 Å². The maximum absolute atomic E-state index is 11.6. The van der Waals surface area contributed by atoms with Crippen LogP contribution in [0, 0.1) is 6.92 Å². The largest absolute Gasteiger partial charge is 0.359 e. The summed E-state index contributed by atoms with van der Waals surface area (Å²) >= 11 is 5.63. The predicted octanol–water partition coefficient (Wildman–Crippen LogP) is 1.36. The van der Waals surface area contributed by atoms with Gasteiger partial charge in [0.15, 0.2) is 5.76 Å². The van der Waals surface area contributed by atoms with E-state index in [1.165, 1.54) is 12.4 Å². The van der Waals surface area contributed by atoms with Crippen LogP contribution in [0.3, 0.4) is 0 Å². The van der Waals surface area contributed by atoms with E-state index in [1.807, 2.05) is 0 Å². The first-order valence-electron chi connectivity index (χ1n) is 4.83. The van der Waals surface area contributed by atoms with Crippen LogP contribution in [0.1, 0.15) is 21.9 Å². The molecular formula is C10H9ClN4O2. The Hall–Kier alpha value is -1.95. The zero-order chi connectivity index (χ0) is 12.3. The molecule has 0 bridgehead atoms. The van der Waals surface area contributed by atoms with E-state index in [-0.39, 0.29) is 23.3 Å². The lowest BCUT2D eigenvalue weighted by molar-refractivity contribution is 0.0941. The van der Waals surface area contributed by atoms with Crippen molar-refractivity contribution >= 4 is 17.5 Å². The van der Waals surface area contributed by atoms with Gasteiger partial charge in [-0.3, -0.25) is 9.78 Å². The van der Waals surface area contributed by atoms with Crippen LogP contribution in [0.4, 0.5) is 0 Å². The summed E-state index contributed by atoms with van der Waals surface area (Å²) in [6.45, 7) is 2.05. The molecule has 0 atom stereocenters. The molecule has 0 radical (unpaired) electrons. The van der Waals surface area contributed by atoms with Crippen molar-refractivity contribution in [3.05, 3.63) is 40.8 Å². The van der Waals surface area contributed by atoms with E-state index < -0.39 is 0 Å². The number of nitrogens with zero attached hydrogens (tertiary/aromatic N) is 3. The monoisotopic (exact) mass is 252 g/mol. The van der Waals surface area contributed by atoms with Crippen molar-refractivity contribution in [2.75, 3.05) is 0 Å². The van der Waals surface area contributed by atoms with Gasteiger partial charge in [-0.1, -0.05) is 16.8 Å². The summed E-state index contributed by atoms with van der Waals surface area (Å²) in [7, 11) is 0. The molecule has 0 saturated heterocycles. The molecule has 0 unspecified atom stereocenters. The number of aryl methyl sites for hydroxylation is 1. The van der Waals surface area contributed by atoms with E-state index in [0.717, 1.165) is 5.69 Å².